The SMILES string of the molecule is CC(C)Cc1ccc2c(n1)N1[C@H](C2)CN(C(=O)OC(C)(C)C)C[C@H]1C. The zero-order valence-corrected chi connectivity index (χ0v) is 16.4. The lowest BCUT2D eigenvalue weighted by atomic mass is 10.1. The number of ether oxygens (including phenoxy) is 1. The second-order valence-electron chi connectivity index (χ2n) is 8.88. The van der Waals surface area contributed by atoms with E-state index in [0.717, 1.165) is 24.4 Å². The van der Waals surface area contributed by atoms with Crippen LogP contribution in [0.15, 0.2) is 12.1 Å². The van der Waals surface area contributed by atoms with Gasteiger partial charge in [-0.2, -0.15) is 0 Å². The third-order valence-electron chi connectivity index (χ3n) is 4.77. The van der Waals surface area contributed by atoms with Crippen molar-refractivity contribution in [3.05, 3.63) is 23.4 Å². The van der Waals surface area contributed by atoms with Crippen LogP contribution in [-0.2, 0) is 17.6 Å². The second-order valence-corrected chi connectivity index (χ2v) is 8.88. The Hall–Kier alpha value is -1.78. The van der Waals surface area contributed by atoms with Crippen LogP contribution < -0.4 is 4.90 Å². The third-order valence-corrected chi connectivity index (χ3v) is 4.77. The van der Waals surface area contributed by atoms with Crippen LogP contribution in [0, 0.1) is 5.92 Å². The molecule has 2 aliphatic rings. The van der Waals surface area contributed by atoms with Crippen molar-refractivity contribution >= 4 is 11.9 Å². The first-order chi connectivity index (χ1) is 11.6. The fraction of sp³-hybridized carbons (Fsp3) is 0.700. The molecule has 138 valence electrons. The molecule has 3 heterocycles. The topological polar surface area (TPSA) is 45.7 Å². The van der Waals surface area contributed by atoms with Crippen LogP contribution >= 0.6 is 0 Å². The van der Waals surface area contributed by atoms with Gasteiger partial charge >= 0.3 is 6.09 Å². The summed E-state index contributed by atoms with van der Waals surface area (Å²) in [4.78, 5) is 21.7. The zero-order chi connectivity index (χ0) is 18.4. The van der Waals surface area contributed by atoms with Gasteiger partial charge in [0.15, 0.2) is 0 Å². The smallest absolute Gasteiger partial charge is 0.410 e. The molecule has 2 atom stereocenters. The van der Waals surface area contributed by atoms with E-state index in [9.17, 15) is 4.79 Å². The molecule has 5 heteroatoms. The molecule has 1 saturated heterocycles. The van der Waals surface area contributed by atoms with E-state index in [-0.39, 0.29) is 12.1 Å². The minimum absolute atomic E-state index is 0.205. The summed E-state index contributed by atoms with van der Waals surface area (Å²) in [6.07, 6.45) is 1.75. The maximum Gasteiger partial charge on any atom is 0.410 e. The lowest BCUT2D eigenvalue weighted by Crippen LogP contribution is -2.58. The highest BCUT2D eigenvalue weighted by molar-refractivity contribution is 5.69. The molecule has 5 nitrogen and oxygen atoms in total. The summed E-state index contributed by atoms with van der Waals surface area (Å²) in [7, 11) is 0. The van der Waals surface area contributed by atoms with Gasteiger partial charge in [-0.25, -0.2) is 9.78 Å². The van der Waals surface area contributed by atoms with Gasteiger partial charge in [0.1, 0.15) is 11.4 Å². The Labute approximate surface area is 151 Å². The van der Waals surface area contributed by atoms with E-state index in [1.165, 1.54) is 5.56 Å². The minimum Gasteiger partial charge on any atom is -0.444 e. The first-order valence-electron chi connectivity index (χ1n) is 9.39. The Kier molecular flexibility index (Phi) is 4.69. The number of fused-ring (bicyclic) bond motifs is 3. The number of piperazine rings is 1. The number of anilines is 1. The Morgan fingerprint density at radius 2 is 2.04 bits per heavy atom. The maximum atomic E-state index is 12.5. The first-order valence-corrected chi connectivity index (χ1v) is 9.39. The molecule has 0 N–H and O–H groups in total. The highest BCUT2D eigenvalue weighted by atomic mass is 16.6. The van der Waals surface area contributed by atoms with Crippen LogP contribution in [0.3, 0.4) is 0 Å². The Bertz CT molecular complexity index is 651. The summed E-state index contributed by atoms with van der Waals surface area (Å²) in [5, 5.41) is 0. The molecule has 2 aliphatic heterocycles. The van der Waals surface area contributed by atoms with Gasteiger partial charge in [0.25, 0.3) is 0 Å². The number of rotatable bonds is 2. The number of aromatic nitrogens is 1. The molecule has 0 bridgehead atoms. The van der Waals surface area contributed by atoms with E-state index in [2.05, 4.69) is 37.8 Å². The first kappa shape index (κ1) is 18.0. The normalized spacial score (nSPS) is 22.8. The van der Waals surface area contributed by atoms with Gasteiger partial charge in [-0.05, 0) is 58.1 Å². The van der Waals surface area contributed by atoms with Gasteiger partial charge in [-0.3, -0.25) is 0 Å². The Morgan fingerprint density at radius 1 is 1.32 bits per heavy atom. The molecule has 0 aliphatic carbocycles. The van der Waals surface area contributed by atoms with Crippen LogP contribution in [0.1, 0.15) is 52.8 Å². The fourth-order valence-electron chi connectivity index (χ4n) is 3.89. The predicted molar refractivity (Wildman–Crippen MR) is 100 cm³/mol. The highest BCUT2D eigenvalue weighted by Crippen LogP contribution is 2.35. The lowest BCUT2D eigenvalue weighted by Gasteiger charge is -2.43. The maximum absolute atomic E-state index is 12.5. The number of pyridine rings is 1. The number of carbonyl (C=O) groups excluding carboxylic acids is 1. The molecule has 0 radical (unpaired) electrons. The molecule has 0 aromatic carbocycles. The van der Waals surface area contributed by atoms with Crippen LogP contribution in [0.4, 0.5) is 10.6 Å². The summed E-state index contributed by atoms with van der Waals surface area (Å²) >= 11 is 0. The van der Waals surface area contributed by atoms with Crippen molar-refractivity contribution in [1.29, 1.82) is 0 Å². The number of amides is 1. The van der Waals surface area contributed by atoms with Gasteiger partial charge in [0.2, 0.25) is 0 Å². The van der Waals surface area contributed by atoms with Crippen LogP contribution in [0.2, 0.25) is 0 Å². The van der Waals surface area contributed by atoms with E-state index in [1.807, 2.05) is 25.7 Å². The molecule has 0 spiro atoms. The summed E-state index contributed by atoms with van der Waals surface area (Å²) < 4.78 is 5.57. The molecule has 1 amide bonds. The minimum atomic E-state index is -0.455. The fourth-order valence-corrected chi connectivity index (χ4v) is 3.89. The van der Waals surface area contributed by atoms with Crippen molar-refractivity contribution in [3.8, 4) is 0 Å². The highest BCUT2D eigenvalue weighted by Gasteiger charge is 2.41. The van der Waals surface area contributed by atoms with E-state index in [1.54, 1.807) is 0 Å². The second kappa shape index (κ2) is 6.50. The summed E-state index contributed by atoms with van der Waals surface area (Å²) in [5.41, 5.74) is 2.01. The molecule has 0 saturated carbocycles. The predicted octanol–water partition coefficient (Wildman–Crippen LogP) is 3.65. The van der Waals surface area contributed by atoms with Gasteiger partial charge < -0.3 is 14.5 Å². The average Bonchev–Trinajstić information content (AvgIpc) is 2.82. The summed E-state index contributed by atoms with van der Waals surface area (Å²) in [5.74, 6) is 1.73. The summed E-state index contributed by atoms with van der Waals surface area (Å²) in [6.45, 7) is 13.7. The van der Waals surface area contributed by atoms with Crippen molar-refractivity contribution in [2.75, 3.05) is 18.0 Å². The number of hydrogen-bond acceptors (Lipinski definition) is 4. The van der Waals surface area contributed by atoms with E-state index < -0.39 is 5.60 Å². The van der Waals surface area contributed by atoms with Crippen LogP contribution in [0.5, 0.6) is 0 Å². The van der Waals surface area contributed by atoms with Crippen molar-refractivity contribution in [2.24, 2.45) is 5.92 Å². The molecule has 1 aromatic heterocycles. The van der Waals surface area contributed by atoms with E-state index in [4.69, 9.17) is 9.72 Å². The Morgan fingerprint density at radius 3 is 2.68 bits per heavy atom. The number of hydrogen-bond donors (Lipinski definition) is 0. The monoisotopic (exact) mass is 345 g/mol. The van der Waals surface area contributed by atoms with E-state index in [0.29, 0.717) is 25.0 Å². The zero-order valence-electron chi connectivity index (χ0n) is 16.4. The van der Waals surface area contributed by atoms with E-state index >= 15 is 0 Å². The third kappa shape index (κ3) is 3.91. The molecular weight excluding hydrogens is 314 g/mol. The molecule has 25 heavy (non-hydrogen) atoms. The molecule has 1 aromatic rings. The van der Waals surface area contributed by atoms with Crippen molar-refractivity contribution in [3.63, 3.8) is 0 Å². The quantitative estimate of drug-likeness (QED) is 0.821. The van der Waals surface area contributed by atoms with Gasteiger partial charge in [-0.15, -0.1) is 0 Å². The largest absolute Gasteiger partial charge is 0.444 e. The van der Waals surface area contributed by atoms with Crippen LogP contribution in [0.25, 0.3) is 0 Å². The summed E-state index contributed by atoms with van der Waals surface area (Å²) in [6, 6.07) is 4.93. The van der Waals surface area contributed by atoms with Gasteiger partial charge in [0.05, 0.1) is 6.04 Å². The lowest BCUT2D eigenvalue weighted by molar-refractivity contribution is 0.0191. The van der Waals surface area contributed by atoms with Crippen LogP contribution in [-0.4, -0.2) is 46.8 Å². The Balaban J connectivity index is 1.76. The molecular formula is C20H31N3O2. The molecule has 3 rings (SSSR count). The van der Waals surface area contributed by atoms with Crippen molar-refractivity contribution in [1.82, 2.24) is 9.88 Å². The molecule has 1 fully saturated rings. The van der Waals surface area contributed by atoms with Gasteiger partial charge in [-0.1, -0.05) is 19.9 Å². The van der Waals surface area contributed by atoms with Crippen molar-refractivity contribution in [2.45, 2.75) is 72.1 Å². The molecule has 0 unspecified atom stereocenters. The van der Waals surface area contributed by atoms with Gasteiger partial charge in [0, 0.05) is 24.8 Å². The van der Waals surface area contributed by atoms with Crippen molar-refractivity contribution < 1.29 is 9.53 Å². The number of nitrogens with zero attached hydrogens (tertiary/aromatic N) is 3. The average molecular weight is 345 g/mol. The number of carbonyl (C=O) groups is 1. The standard InChI is InChI=1S/C20H31N3O2/c1-13(2)9-16-8-7-15-10-17-12-22(19(24)25-20(4,5)6)11-14(3)23(17)18(15)21-16/h7-8,13-14,17H,9-12H2,1-6H3/t14-,17-/m1/s1.